The van der Waals surface area contributed by atoms with Crippen molar-refractivity contribution in [1.82, 2.24) is 4.90 Å². The van der Waals surface area contributed by atoms with Gasteiger partial charge in [-0.1, -0.05) is 6.07 Å². The van der Waals surface area contributed by atoms with Gasteiger partial charge < -0.3 is 20.8 Å². The Morgan fingerprint density at radius 3 is 2.43 bits per heavy atom. The first kappa shape index (κ1) is 15.6. The van der Waals surface area contributed by atoms with Crippen molar-refractivity contribution < 1.29 is 23.4 Å². The second-order valence-corrected chi connectivity index (χ2v) is 7.41. The van der Waals surface area contributed by atoms with Crippen molar-refractivity contribution in [3.8, 4) is 11.5 Å². The van der Waals surface area contributed by atoms with Gasteiger partial charge in [-0.15, -0.1) is 0 Å². The van der Waals surface area contributed by atoms with E-state index in [2.05, 4.69) is 0 Å². The Hall–Kier alpha value is -1.80. The molecule has 4 N–H and O–H groups in total. The number of phenols is 2. The summed E-state index contributed by atoms with van der Waals surface area (Å²) in [6.45, 7) is 0.325. The Labute approximate surface area is 122 Å². The van der Waals surface area contributed by atoms with Gasteiger partial charge in [0.15, 0.2) is 21.3 Å². The van der Waals surface area contributed by atoms with Crippen LogP contribution in [0.5, 0.6) is 11.5 Å². The molecule has 0 aromatic heterocycles. The molecule has 1 atom stereocenters. The van der Waals surface area contributed by atoms with E-state index in [1.165, 1.54) is 17.0 Å². The molecule has 0 spiro atoms. The molecule has 1 aromatic carbocycles. The van der Waals surface area contributed by atoms with Gasteiger partial charge in [-0.3, -0.25) is 4.79 Å². The van der Waals surface area contributed by atoms with Crippen molar-refractivity contribution in [1.29, 1.82) is 0 Å². The standard InChI is InChI=1S/C13H18N2O5S/c14-10(7-9-1-2-11(16)12(17)8-9)13(18)15-3-5-21(19,20)6-4-15/h1-2,8,10,16-17H,3-7,14H2/t10-/m0/s1. The normalized spacial score (nSPS) is 19.2. The van der Waals surface area contributed by atoms with Gasteiger partial charge in [-0.25, -0.2) is 8.42 Å². The number of amides is 1. The molecular formula is C13H18N2O5S. The third-order valence-corrected chi connectivity index (χ3v) is 5.08. The molecule has 1 saturated heterocycles. The zero-order valence-electron chi connectivity index (χ0n) is 11.4. The van der Waals surface area contributed by atoms with E-state index in [-0.39, 0.29) is 48.4 Å². The van der Waals surface area contributed by atoms with Gasteiger partial charge >= 0.3 is 0 Å². The fourth-order valence-corrected chi connectivity index (χ4v) is 3.41. The summed E-state index contributed by atoms with van der Waals surface area (Å²) in [5.41, 5.74) is 6.47. The van der Waals surface area contributed by atoms with Crippen LogP contribution in [0, 0.1) is 0 Å². The monoisotopic (exact) mass is 314 g/mol. The van der Waals surface area contributed by atoms with E-state index in [1.807, 2.05) is 0 Å². The number of carbonyl (C=O) groups excluding carboxylic acids is 1. The Balaban J connectivity index is 1.98. The molecule has 0 unspecified atom stereocenters. The molecule has 116 valence electrons. The lowest BCUT2D eigenvalue weighted by Gasteiger charge is -2.29. The smallest absolute Gasteiger partial charge is 0.239 e. The summed E-state index contributed by atoms with van der Waals surface area (Å²) in [5.74, 6) is -0.884. The van der Waals surface area contributed by atoms with E-state index >= 15 is 0 Å². The number of nitrogens with zero attached hydrogens (tertiary/aromatic N) is 1. The molecular weight excluding hydrogens is 296 g/mol. The highest BCUT2D eigenvalue weighted by Crippen LogP contribution is 2.25. The average molecular weight is 314 g/mol. The predicted octanol–water partition coefficient (Wildman–Crippen LogP) is -0.775. The second kappa shape index (κ2) is 5.90. The summed E-state index contributed by atoms with van der Waals surface area (Å²) >= 11 is 0. The lowest BCUT2D eigenvalue weighted by atomic mass is 10.0. The predicted molar refractivity (Wildman–Crippen MR) is 76.7 cm³/mol. The van der Waals surface area contributed by atoms with Crippen molar-refractivity contribution in [2.75, 3.05) is 24.6 Å². The Morgan fingerprint density at radius 1 is 1.24 bits per heavy atom. The van der Waals surface area contributed by atoms with E-state index in [0.29, 0.717) is 5.56 Å². The third-order valence-electron chi connectivity index (χ3n) is 3.47. The number of nitrogens with two attached hydrogens (primary N) is 1. The molecule has 0 radical (unpaired) electrons. The number of sulfone groups is 1. The molecule has 1 aromatic rings. The number of hydrogen-bond donors (Lipinski definition) is 3. The summed E-state index contributed by atoms with van der Waals surface area (Å²) in [6.07, 6.45) is 0.204. The molecule has 1 fully saturated rings. The Bertz CT molecular complexity index is 630. The lowest BCUT2D eigenvalue weighted by molar-refractivity contribution is -0.132. The fourth-order valence-electron chi connectivity index (χ4n) is 2.20. The summed E-state index contributed by atoms with van der Waals surface area (Å²) in [7, 11) is -3.04. The zero-order chi connectivity index (χ0) is 15.6. The maximum absolute atomic E-state index is 12.2. The van der Waals surface area contributed by atoms with E-state index in [9.17, 15) is 23.4 Å². The van der Waals surface area contributed by atoms with Gasteiger partial charge in [0.05, 0.1) is 17.5 Å². The second-order valence-electron chi connectivity index (χ2n) is 5.11. The third kappa shape index (κ3) is 3.85. The van der Waals surface area contributed by atoms with E-state index in [0.717, 1.165) is 0 Å². The van der Waals surface area contributed by atoms with Crippen molar-refractivity contribution in [2.45, 2.75) is 12.5 Å². The number of benzene rings is 1. The summed E-state index contributed by atoms with van der Waals surface area (Å²) < 4.78 is 22.7. The number of rotatable bonds is 3. The fraction of sp³-hybridized carbons (Fsp3) is 0.462. The molecule has 1 heterocycles. The van der Waals surface area contributed by atoms with Crippen LogP contribution in [0.25, 0.3) is 0 Å². The highest BCUT2D eigenvalue weighted by molar-refractivity contribution is 7.91. The van der Waals surface area contributed by atoms with Gasteiger partial charge in [0.25, 0.3) is 0 Å². The molecule has 0 bridgehead atoms. The van der Waals surface area contributed by atoms with Crippen molar-refractivity contribution in [3.05, 3.63) is 23.8 Å². The molecule has 2 rings (SSSR count). The minimum absolute atomic E-state index is 0.0363. The Morgan fingerprint density at radius 2 is 1.86 bits per heavy atom. The quantitative estimate of drug-likeness (QED) is 0.630. The van der Waals surface area contributed by atoms with Crippen molar-refractivity contribution >= 4 is 15.7 Å². The van der Waals surface area contributed by atoms with Crippen LogP contribution >= 0.6 is 0 Å². The first-order chi connectivity index (χ1) is 9.78. The number of carbonyl (C=O) groups is 1. The number of phenolic OH excluding ortho intramolecular Hbond substituents is 2. The number of aromatic hydroxyl groups is 2. The van der Waals surface area contributed by atoms with Crippen LogP contribution < -0.4 is 5.73 Å². The van der Waals surface area contributed by atoms with Crippen LogP contribution in [0.1, 0.15) is 5.56 Å². The number of hydrogen-bond acceptors (Lipinski definition) is 6. The molecule has 0 aliphatic carbocycles. The van der Waals surface area contributed by atoms with Gasteiger partial charge in [0, 0.05) is 13.1 Å². The highest BCUT2D eigenvalue weighted by Gasteiger charge is 2.28. The molecule has 21 heavy (non-hydrogen) atoms. The zero-order valence-corrected chi connectivity index (χ0v) is 12.2. The van der Waals surface area contributed by atoms with Crippen LogP contribution in [-0.2, 0) is 21.1 Å². The van der Waals surface area contributed by atoms with Crippen molar-refractivity contribution in [3.63, 3.8) is 0 Å². The van der Waals surface area contributed by atoms with Crippen LogP contribution in [0.2, 0.25) is 0 Å². The van der Waals surface area contributed by atoms with Gasteiger partial charge in [0.1, 0.15) is 0 Å². The SMILES string of the molecule is N[C@@H](Cc1ccc(O)c(O)c1)C(=O)N1CCS(=O)(=O)CC1. The minimum atomic E-state index is -3.04. The lowest BCUT2D eigenvalue weighted by Crippen LogP contribution is -2.50. The maximum Gasteiger partial charge on any atom is 0.239 e. The van der Waals surface area contributed by atoms with Gasteiger partial charge in [-0.05, 0) is 24.1 Å². The molecule has 1 aliphatic heterocycles. The average Bonchev–Trinajstić information content (AvgIpc) is 2.42. The molecule has 1 aliphatic rings. The topological polar surface area (TPSA) is 121 Å². The van der Waals surface area contributed by atoms with Crippen LogP contribution in [-0.4, -0.2) is 60.1 Å². The van der Waals surface area contributed by atoms with E-state index in [4.69, 9.17) is 5.73 Å². The molecule has 1 amide bonds. The van der Waals surface area contributed by atoms with Crippen LogP contribution in [0.4, 0.5) is 0 Å². The molecule has 8 heteroatoms. The molecule has 7 nitrogen and oxygen atoms in total. The van der Waals surface area contributed by atoms with Crippen LogP contribution in [0.3, 0.4) is 0 Å². The van der Waals surface area contributed by atoms with Gasteiger partial charge in [0.2, 0.25) is 5.91 Å². The van der Waals surface area contributed by atoms with Gasteiger partial charge in [-0.2, -0.15) is 0 Å². The largest absolute Gasteiger partial charge is 0.504 e. The minimum Gasteiger partial charge on any atom is -0.504 e. The summed E-state index contributed by atoms with van der Waals surface area (Å²) in [6, 6.07) is 3.44. The first-order valence-corrected chi connectivity index (χ1v) is 8.36. The van der Waals surface area contributed by atoms with E-state index < -0.39 is 15.9 Å². The summed E-state index contributed by atoms with van der Waals surface area (Å²) in [5, 5.41) is 18.6. The molecule has 0 saturated carbocycles. The summed E-state index contributed by atoms with van der Waals surface area (Å²) in [4.78, 5) is 13.6. The van der Waals surface area contributed by atoms with Crippen molar-refractivity contribution in [2.24, 2.45) is 5.73 Å². The first-order valence-electron chi connectivity index (χ1n) is 6.54. The highest BCUT2D eigenvalue weighted by atomic mass is 32.2. The van der Waals surface area contributed by atoms with Crippen LogP contribution in [0.15, 0.2) is 18.2 Å². The Kier molecular flexibility index (Phi) is 4.38. The maximum atomic E-state index is 12.2. The van der Waals surface area contributed by atoms with E-state index in [1.54, 1.807) is 6.07 Å².